The Labute approximate surface area is 329 Å². The van der Waals surface area contributed by atoms with Gasteiger partial charge in [-0.15, -0.1) is 0 Å². The third-order valence-electron chi connectivity index (χ3n) is 10.8. The van der Waals surface area contributed by atoms with Crippen molar-refractivity contribution in [2.45, 2.75) is 227 Å². The highest BCUT2D eigenvalue weighted by Gasteiger charge is 2.20. The summed E-state index contributed by atoms with van der Waals surface area (Å²) in [5.41, 5.74) is 0. The topological polar surface area (TPSA) is 72.9 Å². The molecule has 0 bridgehead atoms. The molecule has 0 saturated heterocycles. The number of unbranched alkanes of at least 4 members (excludes halogenated alkanes) is 20. The molecule has 0 aromatic heterocycles. The Morgan fingerprint density at radius 3 is 1.28 bits per heavy atom. The van der Waals surface area contributed by atoms with Crippen molar-refractivity contribution in [2.75, 3.05) is 32.8 Å². The predicted molar refractivity (Wildman–Crippen MR) is 226 cm³/mol. The highest BCUT2D eigenvalue weighted by molar-refractivity contribution is 5.72. The standard InChI is InChI=1S/C47H89NO5/c1-5-9-13-17-19-27-36-44(34-25-15-11-7-3)46(50)52-42-31-23-21-29-38-48(40-33-41-49)39-30-22-24-32-43-53-47(51)45(35-26-16-12-8-4)37-28-20-18-14-10-6-2/h5,9,41,44-45H,6-8,10-40,42-43H2,1-4H3/b9-5+. The van der Waals surface area contributed by atoms with E-state index in [4.69, 9.17) is 9.47 Å². The number of hydrogen-bond acceptors (Lipinski definition) is 6. The lowest BCUT2D eigenvalue weighted by Crippen LogP contribution is -2.27. The Hall–Kier alpha value is -1.69. The third kappa shape index (κ3) is 34.5. The first-order valence-corrected chi connectivity index (χ1v) is 23.1. The lowest BCUT2D eigenvalue weighted by atomic mass is 9.94. The number of hydrogen-bond donors (Lipinski definition) is 0. The summed E-state index contributed by atoms with van der Waals surface area (Å²) in [6, 6.07) is 0. The highest BCUT2D eigenvalue weighted by Crippen LogP contribution is 2.22. The smallest absolute Gasteiger partial charge is 0.308 e. The van der Waals surface area contributed by atoms with Gasteiger partial charge in [-0.05, 0) is 84.2 Å². The van der Waals surface area contributed by atoms with E-state index >= 15 is 0 Å². The molecule has 53 heavy (non-hydrogen) atoms. The van der Waals surface area contributed by atoms with Crippen LogP contribution in [0.15, 0.2) is 12.2 Å². The highest BCUT2D eigenvalue weighted by atomic mass is 16.5. The van der Waals surface area contributed by atoms with Gasteiger partial charge in [0.25, 0.3) is 0 Å². The van der Waals surface area contributed by atoms with Gasteiger partial charge in [-0.3, -0.25) is 9.59 Å². The first-order chi connectivity index (χ1) is 26.0. The Bertz CT molecular complexity index is 830. The number of nitrogens with zero attached hydrogens (tertiary/aromatic N) is 1. The SMILES string of the molecule is C/C=C/CCCCCC(CCCCCC)C(=O)OCCCCCCN(CCC=O)CCCCCCOC(=O)C(CCCCCC)CCCCCCCC. The second-order valence-corrected chi connectivity index (χ2v) is 15.8. The summed E-state index contributed by atoms with van der Waals surface area (Å²) < 4.78 is 11.6. The van der Waals surface area contributed by atoms with Gasteiger partial charge in [0.15, 0.2) is 0 Å². The van der Waals surface area contributed by atoms with Crippen molar-refractivity contribution in [3.63, 3.8) is 0 Å². The van der Waals surface area contributed by atoms with E-state index in [1.165, 1.54) is 83.5 Å². The van der Waals surface area contributed by atoms with Gasteiger partial charge in [0.05, 0.1) is 25.0 Å². The minimum atomic E-state index is 0.0265. The normalized spacial score (nSPS) is 12.8. The van der Waals surface area contributed by atoms with Gasteiger partial charge >= 0.3 is 11.9 Å². The first-order valence-electron chi connectivity index (χ1n) is 23.1. The van der Waals surface area contributed by atoms with Crippen LogP contribution in [0.3, 0.4) is 0 Å². The van der Waals surface area contributed by atoms with Crippen molar-refractivity contribution in [3.05, 3.63) is 12.2 Å². The van der Waals surface area contributed by atoms with Gasteiger partial charge < -0.3 is 19.2 Å². The second-order valence-electron chi connectivity index (χ2n) is 15.8. The van der Waals surface area contributed by atoms with Crippen molar-refractivity contribution in [3.8, 4) is 0 Å². The van der Waals surface area contributed by atoms with Crippen LogP contribution < -0.4 is 0 Å². The van der Waals surface area contributed by atoms with Crippen molar-refractivity contribution >= 4 is 18.2 Å². The number of allylic oxidation sites excluding steroid dienone is 2. The van der Waals surface area contributed by atoms with Crippen LogP contribution in [0.2, 0.25) is 0 Å². The summed E-state index contributed by atoms with van der Waals surface area (Å²) in [4.78, 5) is 39.4. The molecule has 0 N–H and O–H groups in total. The fraction of sp³-hybridized carbons (Fsp3) is 0.894. The van der Waals surface area contributed by atoms with Crippen molar-refractivity contribution in [2.24, 2.45) is 11.8 Å². The molecular formula is C47H89NO5. The molecule has 0 fully saturated rings. The van der Waals surface area contributed by atoms with Crippen LogP contribution in [-0.2, 0) is 23.9 Å². The lowest BCUT2D eigenvalue weighted by molar-refractivity contribution is -0.150. The molecule has 0 aliphatic rings. The van der Waals surface area contributed by atoms with Gasteiger partial charge in [0, 0.05) is 13.0 Å². The molecule has 0 aromatic carbocycles. The van der Waals surface area contributed by atoms with Crippen LogP contribution in [-0.4, -0.2) is 56.0 Å². The minimum absolute atomic E-state index is 0.0265. The number of aldehydes is 1. The molecule has 0 amide bonds. The Balaban J connectivity index is 4.30. The van der Waals surface area contributed by atoms with E-state index in [1.807, 2.05) is 0 Å². The molecule has 0 aliphatic carbocycles. The summed E-state index contributed by atoms with van der Waals surface area (Å²) in [6.45, 7) is 12.7. The van der Waals surface area contributed by atoms with Gasteiger partial charge in [0.2, 0.25) is 0 Å². The van der Waals surface area contributed by atoms with E-state index in [-0.39, 0.29) is 23.8 Å². The summed E-state index contributed by atoms with van der Waals surface area (Å²) in [6.07, 6.45) is 40.1. The lowest BCUT2D eigenvalue weighted by Gasteiger charge is -2.21. The molecule has 6 heteroatoms. The molecule has 2 unspecified atom stereocenters. The van der Waals surface area contributed by atoms with Gasteiger partial charge in [-0.25, -0.2) is 0 Å². The molecule has 0 heterocycles. The molecule has 0 spiro atoms. The van der Waals surface area contributed by atoms with E-state index in [9.17, 15) is 14.4 Å². The third-order valence-corrected chi connectivity index (χ3v) is 10.8. The van der Waals surface area contributed by atoms with Crippen molar-refractivity contribution in [1.82, 2.24) is 4.90 Å². The van der Waals surface area contributed by atoms with Gasteiger partial charge in [0.1, 0.15) is 6.29 Å². The quantitative estimate of drug-likeness (QED) is 0.0268. The predicted octanol–water partition coefficient (Wildman–Crippen LogP) is 13.5. The van der Waals surface area contributed by atoms with Gasteiger partial charge in [-0.1, -0.05) is 161 Å². The summed E-state index contributed by atoms with van der Waals surface area (Å²) in [5.74, 6) is 0.206. The summed E-state index contributed by atoms with van der Waals surface area (Å²) in [5, 5.41) is 0. The van der Waals surface area contributed by atoms with E-state index < -0.39 is 0 Å². The Morgan fingerprint density at radius 1 is 0.472 bits per heavy atom. The molecular weight excluding hydrogens is 659 g/mol. The van der Waals surface area contributed by atoms with Crippen LogP contribution in [0.4, 0.5) is 0 Å². The van der Waals surface area contributed by atoms with E-state index in [2.05, 4.69) is 44.7 Å². The second kappa shape index (κ2) is 41.5. The number of esters is 2. The number of rotatable bonds is 42. The molecule has 0 aliphatic heterocycles. The van der Waals surface area contributed by atoms with E-state index in [1.54, 1.807) is 0 Å². The summed E-state index contributed by atoms with van der Waals surface area (Å²) in [7, 11) is 0. The number of ether oxygens (including phenoxy) is 2. The Kier molecular flexibility index (Phi) is 40.2. The van der Waals surface area contributed by atoms with Crippen LogP contribution >= 0.6 is 0 Å². The average Bonchev–Trinajstić information content (AvgIpc) is 3.16. The van der Waals surface area contributed by atoms with E-state index in [0.29, 0.717) is 19.6 Å². The zero-order valence-electron chi connectivity index (χ0n) is 35.8. The van der Waals surface area contributed by atoms with Crippen LogP contribution in [0.1, 0.15) is 227 Å². The zero-order valence-corrected chi connectivity index (χ0v) is 35.8. The van der Waals surface area contributed by atoms with Crippen LogP contribution in [0.25, 0.3) is 0 Å². The fourth-order valence-corrected chi connectivity index (χ4v) is 7.30. The molecule has 312 valence electrons. The maximum absolute atomic E-state index is 12.9. The minimum Gasteiger partial charge on any atom is -0.465 e. The number of carbonyl (C=O) groups is 3. The zero-order chi connectivity index (χ0) is 38.9. The molecule has 0 radical (unpaired) electrons. The average molecular weight is 748 g/mol. The largest absolute Gasteiger partial charge is 0.465 e. The fourth-order valence-electron chi connectivity index (χ4n) is 7.30. The molecule has 0 saturated carbocycles. The summed E-state index contributed by atoms with van der Waals surface area (Å²) >= 11 is 0. The van der Waals surface area contributed by atoms with E-state index in [0.717, 1.165) is 135 Å². The van der Waals surface area contributed by atoms with Crippen LogP contribution in [0, 0.1) is 11.8 Å². The van der Waals surface area contributed by atoms with Gasteiger partial charge in [-0.2, -0.15) is 0 Å². The molecule has 0 aromatic rings. The van der Waals surface area contributed by atoms with Crippen molar-refractivity contribution < 1.29 is 23.9 Å². The first kappa shape index (κ1) is 51.3. The maximum atomic E-state index is 12.9. The molecule has 6 nitrogen and oxygen atoms in total. The Morgan fingerprint density at radius 2 is 0.849 bits per heavy atom. The molecule has 0 rings (SSSR count). The van der Waals surface area contributed by atoms with Crippen LogP contribution in [0.5, 0.6) is 0 Å². The monoisotopic (exact) mass is 748 g/mol. The molecule has 2 atom stereocenters. The number of carbonyl (C=O) groups excluding carboxylic acids is 3. The maximum Gasteiger partial charge on any atom is 0.308 e. The van der Waals surface area contributed by atoms with Crippen molar-refractivity contribution in [1.29, 1.82) is 0 Å².